The summed E-state index contributed by atoms with van der Waals surface area (Å²) in [5.74, 6) is 0.858. The molecule has 5 nitrogen and oxygen atoms in total. The van der Waals surface area contributed by atoms with E-state index in [1.165, 1.54) is 11.3 Å². The molecule has 114 valence electrons. The third kappa shape index (κ3) is 3.50. The van der Waals surface area contributed by atoms with Crippen LogP contribution in [0.15, 0.2) is 16.9 Å². The zero-order valence-corrected chi connectivity index (χ0v) is 13.8. The van der Waals surface area contributed by atoms with Gasteiger partial charge in [0.25, 0.3) is 5.56 Å². The van der Waals surface area contributed by atoms with Crippen LogP contribution in [0.5, 0.6) is 0 Å². The number of nitrogens with two attached hydrogens (primary N) is 1. The molecule has 21 heavy (non-hydrogen) atoms. The summed E-state index contributed by atoms with van der Waals surface area (Å²) in [5.41, 5.74) is 7.25. The highest BCUT2D eigenvalue weighted by Crippen LogP contribution is 2.23. The van der Waals surface area contributed by atoms with E-state index in [2.05, 4.69) is 37.9 Å². The number of nitrogen functional groups attached to an aromatic ring is 1. The fourth-order valence-corrected chi connectivity index (χ4v) is 2.85. The van der Waals surface area contributed by atoms with Crippen LogP contribution in [0.3, 0.4) is 0 Å². The molecule has 0 amide bonds. The van der Waals surface area contributed by atoms with E-state index >= 15 is 0 Å². The van der Waals surface area contributed by atoms with Crippen molar-refractivity contribution in [2.75, 3.05) is 5.73 Å². The molecule has 2 aromatic heterocycles. The number of anilines is 1. The summed E-state index contributed by atoms with van der Waals surface area (Å²) < 4.78 is 1.87. The van der Waals surface area contributed by atoms with Crippen LogP contribution in [-0.4, -0.2) is 14.8 Å². The minimum atomic E-state index is -0.00185. The Bertz CT molecular complexity index is 673. The number of hydrogen-bond donors (Lipinski definition) is 1. The van der Waals surface area contributed by atoms with E-state index in [0.717, 1.165) is 18.7 Å². The van der Waals surface area contributed by atoms with Crippen LogP contribution in [0.4, 0.5) is 5.13 Å². The van der Waals surface area contributed by atoms with Crippen molar-refractivity contribution >= 4 is 16.5 Å². The molecule has 0 bridgehead atoms. The lowest BCUT2D eigenvalue weighted by molar-refractivity contribution is 0.491. The summed E-state index contributed by atoms with van der Waals surface area (Å²) in [7, 11) is 0. The quantitative estimate of drug-likeness (QED) is 0.921. The molecule has 0 aromatic carbocycles. The predicted molar refractivity (Wildman–Crippen MR) is 87.6 cm³/mol. The molecule has 2 rings (SSSR count). The Morgan fingerprint density at radius 1 is 1.24 bits per heavy atom. The van der Waals surface area contributed by atoms with Crippen molar-refractivity contribution in [3.63, 3.8) is 0 Å². The minimum Gasteiger partial charge on any atom is -0.374 e. The van der Waals surface area contributed by atoms with Crippen molar-refractivity contribution in [2.24, 2.45) is 5.92 Å². The highest BCUT2D eigenvalue weighted by atomic mass is 32.1. The smallest absolute Gasteiger partial charge is 0.261 e. The van der Waals surface area contributed by atoms with Gasteiger partial charge in [-0.25, -0.2) is 0 Å². The highest BCUT2D eigenvalue weighted by Gasteiger charge is 2.15. The molecule has 0 saturated heterocycles. The van der Waals surface area contributed by atoms with Crippen molar-refractivity contribution in [3.05, 3.63) is 28.2 Å². The molecule has 0 spiro atoms. The van der Waals surface area contributed by atoms with Gasteiger partial charge in [0, 0.05) is 12.2 Å². The van der Waals surface area contributed by atoms with Crippen molar-refractivity contribution in [1.82, 2.24) is 14.8 Å². The molecule has 2 N–H and O–H groups in total. The molecule has 0 aliphatic rings. The molecule has 2 heterocycles. The van der Waals surface area contributed by atoms with E-state index in [4.69, 9.17) is 5.73 Å². The van der Waals surface area contributed by atoms with Gasteiger partial charge < -0.3 is 10.3 Å². The van der Waals surface area contributed by atoms with Crippen molar-refractivity contribution in [2.45, 2.75) is 46.6 Å². The van der Waals surface area contributed by atoms with Crippen molar-refractivity contribution in [3.8, 4) is 10.6 Å². The second kappa shape index (κ2) is 6.39. The van der Waals surface area contributed by atoms with Crippen molar-refractivity contribution in [1.29, 1.82) is 0 Å². The summed E-state index contributed by atoms with van der Waals surface area (Å²) in [6.45, 7) is 9.25. The van der Waals surface area contributed by atoms with E-state index in [0.29, 0.717) is 27.5 Å². The first kappa shape index (κ1) is 15.7. The average molecular weight is 306 g/mol. The van der Waals surface area contributed by atoms with Gasteiger partial charge in [-0.2, -0.15) is 0 Å². The van der Waals surface area contributed by atoms with Crippen LogP contribution < -0.4 is 11.3 Å². The molecule has 2 aromatic rings. The Kier molecular flexibility index (Phi) is 4.77. The third-order valence-electron chi connectivity index (χ3n) is 3.40. The largest absolute Gasteiger partial charge is 0.374 e. The van der Waals surface area contributed by atoms with E-state index in [1.807, 2.05) is 16.7 Å². The third-order valence-corrected chi connectivity index (χ3v) is 4.19. The molecule has 0 aliphatic carbocycles. The Balaban J connectivity index is 2.50. The molecule has 0 saturated carbocycles. The summed E-state index contributed by atoms with van der Waals surface area (Å²) in [5, 5.41) is 8.75. The van der Waals surface area contributed by atoms with Gasteiger partial charge in [0.2, 0.25) is 5.13 Å². The molecular weight excluding hydrogens is 284 g/mol. The molecule has 0 atom stereocenters. The fraction of sp³-hybridized carbons (Fsp3) is 0.533. The van der Waals surface area contributed by atoms with Crippen LogP contribution in [0.25, 0.3) is 10.6 Å². The van der Waals surface area contributed by atoms with Gasteiger partial charge in [0.15, 0.2) is 5.01 Å². The standard InChI is InChI=1S/C15H22N4OS/c1-9(2)7-8-19-12(10(3)4)6-5-11(14(19)20)13-17-18-15(16)21-13/h5-6,9-10H,7-8H2,1-4H3,(H2,16,18). The lowest BCUT2D eigenvalue weighted by atomic mass is 10.1. The van der Waals surface area contributed by atoms with Crippen LogP contribution in [0, 0.1) is 5.92 Å². The molecular formula is C15H22N4OS. The van der Waals surface area contributed by atoms with Gasteiger partial charge in [-0.3, -0.25) is 4.79 Å². The number of hydrogen-bond acceptors (Lipinski definition) is 5. The van der Waals surface area contributed by atoms with Crippen LogP contribution >= 0.6 is 11.3 Å². The van der Waals surface area contributed by atoms with E-state index in [9.17, 15) is 4.79 Å². The zero-order valence-electron chi connectivity index (χ0n) is 13.0. The van der Waals surface area contributed by atoms with Crippen LogP contribution in [0.2, 0.25) is 0 Å². The van der Waals surface area contributed by atoms with Gasteiger partial charge in [-0.05, 0) is 30.4 Å². The Labute approximate surface area is 128 Å². The van der Waals surface area contributed by atoms with Gasteiger partial charge in [0.05, 0.1) is 5.56 Å². The summed E-state index contributed by atoms with van der Waals surface area (Å²) in [6, 6.07) is 3.85. The molecule has 0 radical (unpaired) electrons. The predicted octanol–water partition coefficient (Wildman–Crippen LogP) is 3.12. The number of aromatic nitrogens is 3. The van der Waals surface area contributed by atoms with Gasteiger partial charge in [0.1, 0.15) is 0 Å². The zero-order chi connectivity index (χ0) is 15.6. The lowest BCUT2D eigenvalue weighted by Gasteiger charge is -2.17. The SMILES string of the molecule is CC(C)CCn1c(C(C)C)ccc(-c2nnc(N)s2)c1=O. The number of pyridine rings is 1. The summed E-state index contributed by atoms with van der Waals surface area (Å²) in [4.78, 5) is 12.8. The van der Waals surface area contributed by atoms with Gasteiger partial charge in [-0.1, -0.05) is 39.0 Å². The molecule has 0 fully saturated rings. The van der Waals surface area contributed by atoms with E-state index < -0.39 is 0 Å². The average Bonchev–Trinajstić information content (AvgIpc) is 2.83. The summed E-state index contributed by atoms with van der Waals surface area (Å²) >= 11 is 1.24. The van der Waals surface area contributed by atoms with Crippen LogP contribution in [0.1, 0.15) is 45.7 Å². The Morgan fingerprint density at radius 3 is 2.48 bits per heavy atom. The van der Waals surface area contributed by atoms with E-state index in [-0.39, 0.29) is 5.56 Å². The monoisotopic (exact) mass is 306 g/mol. The Morgan fingerprint density at radius 2 is 1.95 bits per heavy atom. The molecule has 6 heteroatoms. The second-order valence-corrected chi connectivity index (χ2v) is 6.92. The topological polar surface area (TPSA) is 73.8 Å². The maximum Gasteiger partial charge on any atom is 0.261 e. The first-order chi connectivity index (χ1) is 9.90. The summed E-state index contributed by atoms with van der Waals surface area (Å²) in [6.07, 6.45) is 0.974. The van der Waals surface area contributed by atoms with Crippen molar-refractivity contribution < 1.29 is 0 Å². The number of rotatable bonds is 5. The molecule has 0 aliphatic heterocycles. The first-order valence-electron chi connectivity index (χ1n) is 7.23. The van der Waals surface area contributed by atoms with E-state index in [1.54, 1.807) is 0 Å². The number of nitrogens with zero attached hydrogens (tertiary/aromatic N) is 3. The second-order valence-electron chi connectivity index (χ2n) is 5.91. The van der Waals surface area contributed by atoms with Crippen LogP contribution in [-0.2, 0) is 6.54 Å². The Hall–Kier alpha value is -1.69. The first-order valence-corrected chi connectivity index (χ1v) is 8.05. The lowest BCUT2D eigenvalue weighted by Crippen LogP contribution is -2.26. The normalized spacial score (nSPS) is 11.5. The van der Waals surface area contributed by atoms with Gasteiger partial charge >= 0.3 is 0 Å². The highest BCUT2D eigenvalue weighted by molar-refractivity contribution is 7.18. The maximum absolute atomic E-state index is 12.8. The molecule has 0 unspecified atom stereocenters. The maximum atomic E-state index is 12.8. The fourth-order valence-electron chi connectivity index (χ4n) is 2.22. The minimum absolute atomic E-state index is 0.00185. The van der Waals surface area contributed by atoms with Gasteiger partial charge in [-0.15, -0.1) is 10.2 Å².